The summed E-state index contributed by atoms with van der Waals surface area (Å²) in [7, 11) is -3.37. The van der Waals surface area contributed by atoms with Crippen molar-refractivity contribution in [2.75, 3.05) is 43.1 Å². The Morgan fingerprint density at radius 3 is 2.55 bits per heavy atom. The van der Waals surface area contributed by atoms with Crippen LogP contribution in [0.2, 0.25) is 0 Å². The fourth-order valence-electron chi connectivity index (χ4n) is 3.57. The smallest absolute Gasteiger partial charge is 0.271 e. The van der Waals surface area contributed by atoms with Gasteiger partial charge in [0.1, 0.15) is 5.82 Å². The van der Waals surface area contributed by atoms with Crippen molar-refractivity contribution >= 4 is 33.1 Å². The maximum atomic E-state index is 12.0. The number of hydrogen-bond acceptors (Lipinski definition) is 8. The molecular formula is C21H30N6O3S. The molecule has 1 fully saturated rings. The van der Waals surface area contributed by atoms with E-state index in [4.69, 9.17) is 5.73 Å². The number of piperidine rings is 1. The van der Waals surface area contributed by atoms with E-state index in [1.165, 1.54) is 31.4 Å². The minimum Gasteiger partial charge on any atom is -0.367 e. The molecular weight excluding hydrogens is 416 g/mol. The van der Waals surface area contributed by atoms with E-state index in [-0.39, 0.29) is 16.4 Å². The van der Waals surface area contributed by atoms with Gasteiger partial charge in [-0.05, 0) is 50.6 Å². The molecule has 1 aromatic heterocycles. The van der Waals surface area contributed by atoms with Gasteiger partial charge in [-0.15, -0.1) is 0 Å². The fourth-order valence-corrected chi connectivity index (χ4v) is 4.24. The molecule has 2 aromatic rings. The van der Waals surface area contributed by atoms with E-state index in [1.807, 2.05) is 6.92 Å². The van der Waals surface area contributed by atoms with Crippen LogP contribution in [0.5, 0.6) is 0 Å². The Morgan fingerprint density at radius 2 is 1.90 bits per heavy atom. The molecule has 0 aliphatic carbocycles. The number of nitrogens with zero attached hydrogens (tertiary/aromatic N) is 3. The van der Waals surface area contributed by atoms with E-state index >= 15 is 0 Å². The lowest BCUT2D eigenvalue weighted by molar-refractivity contribution is 0.0996. The van der Waals surface area contributed by atoms with Gasteiger partial charge in [-0.3, -0.25) is 4.79 Å². The summed E-state index contributed by atoms with van der Waals surface area (Å²) in [6.07, 6.45) is 5.48. The highest BCUT2D eigenvalue weighted by Gasteiger charge is 2.18. The van der Waals surface area contributed by atoms with E-state index in [2.05, 4.69) is 25.5 Å². The first-order valence-electron chi connectivity index (χ1n) is 10.5. The summed E-state index contributed by atoms with van der Waals surface area (Å²) >= 11 is 0. The van der Waals surface area contributed by atoms with Gasteiger partial charge >= 0.3 is 0 Å². The van der Waals surface area contributed by atoms with Crippen LogP contribution in [0.25, 0.3) is 0 Å². The van der Waals surface area contributed by atoms with Crippen molar-refractivity contribution in [2.45, 2.75) is 37.5 Å². The van der Waals surface area contributed by atoms with Gasteiger partial charge in [-0.25, -0.2) is 18.4 Å². The number of sulfone groups is 1. The maximum Gasteiger partial charge on any atom is 0.271 e. The second-order valence-electron chi connectivity index (χ2n) is 7.69. The summed E-state index contributed by atoms with van der Waals surface area (Å²) in [5.41, 5.74) is 6.68. The van der Waals surface area contributed by atoms with Gasteiger partial charge in [-0.1, -0.05) is 19.4 Å². The third-order valence-electron chi connectivity index (χ3n) is 5.23. The number of primary amides is 1. The fraction of sp³-hybridized carbons (Fsp3) is 0.476. The Balaban J connectivity index is 1.84. The Labute approximate surface area is 183 Å². The van der Waals surface area contributed by atoms with Crippen LogP contribution >= 0.6 is 0 Å². The molecule has 168 valence electrons. The summed E-state index contributed by atoms with van der Waals surface area (Å²) < 4.78 is 23.7. The predicted octanol–water partition coefficient (Wildman–Crippen LogP) is 2.18. The minimum atomic E-state index is -3.37. The van der Waals surface area contributed by atoms with Crippen molar-refractivity contribution in [2.24, 2.45) is 5.73 Å². The SMILES string of the molecule is CCc1nc(C(N)=O)c(Nc2cccc(S(C)(=O)=O)c2)nc1NCCN1CCCCC1. The molecule has 0 spiro atoms. The van der Waals surface area contributed by atoms with Crippen LogP contribution in [-0.4, -0.2) is 61.6 Å². The first-order chi connectivity index (χ1) is 14.8. The average molecular weight is 447 g/mol. The third-order valence-corrected chi connectivity index (χ3v) is 6.34. The predicted molar refractivity (Wildman–Crippen MR) is 122 cm³/mol. The van der Waals surface area contributed by atoms with Crippen molar-refractivity contribution in [1.29, 1.82) is 0 Å². The van der Waals surface area contributed by atoms with Crippen LogP contribution in [0.4, 0.5) is 17.3 Å². The van der Waals surface area contributed by atoms with E-state index in [1.54, 1.807) is 12.1 Å². The molecule has 4 N–H and O–H groups in total. The summed E-state index contributed by atoms with van der Waals surface area (Å²) in [6.45, 7) is 5.77. The Morgan fingerprint density at radius 1 is 1.16 bits per heavy atom. The summed E-state index contributed by atoms with van der Waals surface area (Å²) in [5.74, 6) is 0.0749. The van der Waals surface area contributed by atoms with Crippen LogP contribution in [0.15, 0.2) is 29.2 Å². The van der Waals surface area contributed by atoms with Crippen LogP contribution in [-0.2, 0) is 16.3 Å². The van der Waals surface area contributed by atoms with Crippen LogP contribution in [0, 0.1) is 0 Å². The lowest BCUT2D eigenvalue weighted by atomic mass is 10.1. The van der Waals surface area contributed by atoms with Gasteiger partial charge in [0.15, 0.2) is 21.3 Å². The molecule has 1 aromatic carbocycles. The molecule has 1 aliphatic rings. The summed E-state index contributed by atoms with van der Waals surface area (Å²) in [4.78, 5) is 23.6. The zero-order chi connectivity index (χ0) is 22.4. The van der Waals surface area contributed by atoms with E-state index in [9.17, 15) is 13.2 Å². The zero-order valence-corrected chi connectivity index (χ0v) is 18.8. The lowest BCUT2D eigenvalue weighted by Crippen LogP contribution is -2.34. The number of nitrogens with one attached hydrogen (secondary N) is 2. The molecule has 3 rings (SSSR count). The molecule has 0 atom stereocenters. The van der Waals surface area contributed by atoms with Crippen LogP contribution < -0.4 is 16.4 Å². The van der Waals surface area contributed by atoms with Gasteiger partial charge in [-0.2, -0.15) is 0 Å². The number of nitrogens with two attached hydrogens (primary N) is 1. The second-order valence-corrected chi connectivity index (χ2v) is 9.70. The Kier molecular flexibility index (Phi) is 7.45. The standard InChI is InChI=1S/C21H30N6O3S/c1-3-17-20(23-10-13-27-11-5-4-6-12-27)26-21(18(25-17)19(22)28)24-15-8-7-9-16(14-15)31(2,29)30/h7-9,14H,3-6,10-13H2,1-2H3,(H2,22,28)(H2,23,24,26). The first kappa shape index (κ1) is 23.0. The minimum absolute atomic E-state index is 0.0168. The molecule has 1 aliphatic heterocycles. The molecule has 1 saturated heterocycles. The molecule has 0 radical (unpaired) electrons. The molecule has 1 amide bonds. The van der Waals surface area contributed by atoms with E-state index in [0.717, 1.165) is 25.9 Å². The highest BCUT2D eigenvalue weighted by molar-refractivity contribution is 7.90. The number of rotatable bonds is 9. The lowest BCUT2D eigenvalue weighted by Gasteiger charge is -2.26. The number of carbonyl (C=O) groups excluding carboxylic acids is 1. The molecule has 9 nitrogen and oxygen atoms in total. The number of amides is 1. The molecule has 0 unspecified atom stereocenters. The largest absolute Gasteiger partial charge is 0.367 e. The van der Waals surface area contributed by atoms with Crippen molar-refractivity contribution in [3.63, 3.8) is 0 Å². The number of likely N-dealkylation sites (tertiary alicyclic amines) is 1. The van der Waals surface area contributed by atoms with Gasteiger partial charge in [0.05, 0.1) is 10.6 Å². The van der Waals surface area contributed by atoms with Crippen molar-refractivity contribution in [1.82, 2.24) is 14.9 Å². The number of carbonyl (C=O) groups is 1. The number of aromatic nitrogens is 2. The molecule has 10 heteroatoms. The van der Waals surface area contributed by atoms with Gasteiger partial charge in [0.2, 0.25) is 0 Å². The summed E-state index contributed by atoms with van der Waals surface area (Å²) in [5, 5.41) is 6.34. The van der Waals surface area contributed by atoms with Gasteiger partial charge < -0.3 is 21.3 Å². The number of anilines is 3. The highest BCUT2D eigenvalue weighted by atomic mass is 32.2. The van der Waals surface area contributed by atoms with Crippen molar-refractivity contribution < 1.29 is 13.2 Å². The Bertz CT molecular complexity index is 1040. The normalized spacial score (nSPS) is 14.9. The Hall–Kier alpha value is -2.72. The molecule has 2 heterocycles. The summed E-state index contributed by atoms with van der Waals surface area (Å²) in [6, 6.07) is 6.31. The van der Waals surface area contributed by atoms with Gasteiger partial charge in [0, 0.05) is 25.0 Å². The topological polar surface area (TPSA) is 130 Å². The average Bonchev–Trinajstić information content (AvgIpc) is 2.74. The van der Waals surface area contributed by atoms with Gasteiger partial charge in [0.25, 0.3) is 5.91 Å². The van der Waals surface area contributed by atoms with E-state index < -0.39 is 15.7 Å². The quantitative estimate of drug-likeness (QED) is 0.534. The first-order valence-corrected chi connectivity index (χ1v) is 12.4. The number of hydrogen-bond donors (Lipinski definition) is 3. The zero-order valence-electron chi connectivity index (χ0n) is 18.0. The van der Waals surface area contributed by atoms with Crippen LogP contribution in [0.1, 0.15) is 42.4 Å². The highest BCUT2D eigenvalue weighted by Crippen LogP contribution is 2.24. The second kappa shape index (κ2) is 10.1. The monoisotopic (exact) mass is 446 g/mol. The molecule has 0 bridgehead atoms. The molecule has 31 heavy (non-hydrogen) atoms. The van der Waals surface area contributed by atoms with Crippen molar-refractivity contribution in [3.8, 4) is 0 Å². The maximum absolute atomic E-state index is 12.0. The van der Waals surface area contributed by atoms with Crippen LogP contribution in [0.3, 0.4) is 0 Å². The third kappa shape index (κ3) is 6.14. The number of benzene rings is 1. The van der Waals surface area contributed by atoms with Crippen molar-refractivity contribution in [3.05, 3.63) is 35.7 Å². The molecule has 0 saturated carbocycles. The van der Waals surface area contributed by atoms with E-state index in [0.29, 0.717) is 30.2 Å². The number of aryl methyl sites for hydroxylation is 1.